The number of amides is 1. The number of halogens is 1. The quantitative estimate of drug-likeness (QED) is 0.424. The van der Waals surface area contributed by atoms with E-state index in [1.807, 2.05) is 58.0 Å². The molecule has 0 saturated carbocycles. The van der Waals surface area contributed by atoms with Crippen LogP contribution in [0.5, 0.6) is 0 Å². The summed E-state index contributed by atoms with van der Waals surface area (Å²) in [5, 5.41) is 2.99. The molecule has 1 amide bonds. The number of carbonyl (C=O) groups is 1. The molecule has 1 aromatic rings. The fourth-order valence-electron chi connectivity index (χ4n) is 1.71. The van der Waals surface area contributed by atoms with Crippen molar-refractivity contribution < 1.29 is 9.53 Å². The van der Waals surface area contributed by atoms with Crippen LogP contribution >= 0.6 is 24.0 Å². The normalized spacial score (nSPS) is 11.4. The highest BCUT2D eigenvalue weighted by atomic mass is 127. The van der Waals surface area contributed by atoms with E-state index in [4.69, 9.17) is 10.5 Å². The van der Waals surface area contributed by atoms with Crippen molar-refractivity contribution in [3.8, 4) is 0 Å². The van der Waals surface area contributed by atoms with Gasteiger partial charge in [-0.2, -0.15) is 0 Å². The van der Waals surface area contributed by atoms with Crippen LogP contribution in [0.15, 0.2) is 35.3 Å². The molecule has 0 heterocycles. The van der Waals surface area contributed by atoms with Gasteiger partial charge in [-0.1, -0.05) is 18.2 Å². The number of likely N-dealkylation sites (N-methyl/N-ethyl adjacent to an activating group) is 1. The van der Waals surface area contributed by atoms with E-state index in [0.717, 1.165) is 5.69 Å². The molecule has 0 aromatic heterocycles. The molecule has 3 N–H and O–H groups in total. The number of nitrogens with one attached hydrogen (secondary N) is 1. The summed E-state index contributed by atoms with van der Waals surface area (Å²) in [5.74, 6) is 0.325. The second-order valence-corrected chi connectivity index (χ2v) is 5.82. The first-order chi connectivity index (χ1) is 10.3. The number of anilines is 1. The molecule has 0 aliphatic heterocycles. The lowest BCUT2D eigenvalue weighted by Crippen LogP contribution is -2.38. The van der Waals surface area contributed by atoms with E-state index >= 15 is 0 Å². The van der Waals surface area contributed by atoms with Crippen LogP contribution in [0.1, 0.15) is 27.7 Å². The molecule has 0 radical (unpaired) electrons. The maximum absolute atomic E-state index is 12.0. The van der Waals surface area contributed by atoms with Crippen LogP contribution in [0.25, 0.3) is 0 Å². The minimum absolute atomic E-state index is 0. The lowest BCUT2D eigenvalue weighted by molar-refractivity contribution is 0.0266. The predicted molar refractivity (Wildman–Crippen MR) is 105 cm³/mol. The number of ether oxygens (including phenoxy) is 1. The SMILES string of the molecule is CCN(CCN=C(N)Nc1ccccc1)C(=O)OC(C)(C)C.I. The van der Waals surface area contributed by atoms with E-state index in [9.17, 15) is 4.79 Å². The Bertz CT molecular complexity index is 501. The average molecular weight is 434 g/mol. The third-order valence-electron chi connectivity index (χ3n) is 2.73. The lowest BCUT2D eigenvalue weighted by Gasteiger charge is -2.26. The maximum Gasteiger partial charge on any atom is 0.410 e. The Kier molecular flexibility index (Phi) is 9.62. The maximum atomic E-state index is 12.0. The van der Waals surface area contributed by atoms with Gasteiger partial charge in [-0.3, -0.25) is 4.99 Å². The highest BCUT2D eigenvalue weighted by molar-refractivity contribution is 14.0. The Balaban J connectivity index is 0.00000484. The Morgan fingerprint density at radius 1 is 1.30 bits per heavy atom. The van der Waals surface area contributed by atoms with Gasteiger partial charge in [-0.05, 0) is 39.8 Å². The van der Waals surface area contributed by atoms with E-state index in [1.54, 1.807) is 4.90 Å². The number of aliphatic imine (C=N–C) groups is 1. The summed E-state index contributed by atoms with van der Waals surface area (Å²) >= 11 is 0. The first-order valence-electron chi connectivity index (χ1n) is 7.41. The molecule has 1 rings (SSSR count). The zero-order chi connectivity index (χ0) is 16.6. The molecule has 0 fully saturated rings. The summed E-state index contributed by atoms with van der Waals surface area (Å²) in [6, 6.07) is 9.56. The largest absolute Gasteiger partial charge is 0.444 e. The number of guanidine groups is 1. The average Bonchev–Trinajstić information content (AvgIpc) is 2.42. The summed E-state index contributed by atoms with van der Waals surface area (Å²) in [6.07, 6.45) is -0.334. The molecule has 7 heteroatoms. The van der Waals surface area contributed by atoms with Crippen molar-refractivity contribution in [3.63, 3.8) is 0 Å². The number of para-hydroxylation sites is 1. The fraction of sp³-hybridized carbons (Fsp3) is 0.500. The van der Waals surface area contributed by atoms with E-state index in [2.05, 4.69) is 10.3 Å². The van der Waals surface area contributed by atoms with Gasteiger partial charge in [-0.25, -0.2) is 4.79 Å². The molecule has 1 aromatic carbocycles. The van der Waals surface area contributed by atoms with Crippen molar-refractivity contribution >= 4 is 41.7 Å². The van der Waals surface area contributed by atoms with E-state index in [0.29, 0.717) is 25.6 Å². The van der Waals surface area contributed by atoms with Crippen LogP contribution in [0, 0.1) is 0 Å². The number of hydrogen-bond donors (Lipinski definition) is 2. The number of nitrogens with zero attached hydrogens (tertiary/aromatic N) is 2. The van der Waals surface area contributed by atoms with Gasteiger partial charge in [-0.15, -0.1) is 24.0 Å². The summed E-state index contributed by atoms with van der Waals surface area (Å²) in [7, 11) is 0. The van der Waals surface area contributed by atoms with E-state index < -0.39 is 5.60 Å². The monoisotopic (exact) mass is 434 g/mol. The van der Waals surface area contributed by atoms with Gasteiger partial charge in [0.1, 0.15) is 5.60 Å². The van der Waals surface area contributed by atoms with Crippen molar-refractivity contribution in [1.82, 2.24) is 4.90 Å². The summed E-state index contributed by atoms with van der Waals surface area (Å²) in [4.78, 5) is 17.8. The Morgan fingerprint density at radius 3 is 2.43 bits per heavy atom. The molecular weight excluding hydrogens is 407 g/mol. The zero-order valence-corrected chi connectivity index (χ0v) is 16.5. The molecule has 0 atom stereocenters. The molecule has 130 valence electrons. The van der Waals surface area contributed by atoms with Crippen molar-refractivity contribution in [3.05, 3.63) is 30.3 Å². The van der Waals surface area contributed by atoms with Crippen molar-refractivity contribution in [2.45, 2.75) is 33.3 Å². The smallest absolute Gasteiger partial charge is 0.410 e. The van der Waals surface area contributed by atoms with Gasteiger partial charge in [0, 0.05) is 18.8 Å². The lowest BCUT2D eigenvalue weighted by atomic mass is 10.2. The predicted octanol–water partition coefficient (Wildman–Crippen LogP) is 3.29. The number of nitrogens with two attached hydrogens (primary N) is 1. The standard InChI is InChI=1S/C16H26N4O2.HI/c1-5-20(15(21)22-16(2,3)4)12-11-18-14(17)19-13-9-7-6-8-10-13;/h6-10H,5,11-12H2,1-4H3,(H3,17,18,19);1H. The van der Waals surface area contributed by atoms with Crippen LogP contribution in [0.2, 0.25) is 0 Å². The minimum Gasteiger partial charge on any atom is -0.444 e. The van der Waals surface area contributed by atoms with E-state index in [1.165, 1.54) is 0 Å². The van der Waals surface area contributed by atoms with Gasteiger partial charge in [0.2, 0.25) is 0 Å². The zero-order valence-electron chi connectivity index (χ0n) is 14.2. The first kappa shape index (κ1) is 21.5. The van der Waals surface area contributed by atoms with Gasteiger partial charge in [0.15, 0.2) is 5.96 Å². The number of carbonyl (C=O) groups excluding carboxylic acids is 1. The van der Waals surface area contributed by atoms with Crippen LogP contribution < -0.4 is 11.1 Å². The van der Waals surface area contributed by atoms with Gasteiger partial charge >= 0.3 is 6.09 Å². The summed E-state index contributed by atoms with van der Waals surface area (Å²) in [6.45, 7) is 8.88. The van der Waals surface area contributed by atoms with Crippen LogP contribution in [-0.2, 0) is 4.74 Å². The molecule has 0 bridgehead atoms. The molecule has 0 spiro atoms. The Morgan fingerprint density at radius 2 is 1.91 bits per heavy atom. The summed E-state index contributed by atoms with van der Waals surface area (Å²) < 4.78 is 5.34. The second kappa shape index (κ2) is 10.3. The molecule has 23 heavy (non-hydrogen) atoms. The molecule has 0 aliphatic carbocycles. The molecule has 0 aliphatic rings. The van der Waals surface area contributed by atoms with Gasteiger partial charge in [0.25, 0.3) is 0 Å². The number of rotatable bonds is 5. The van der Waals surface area contributed by atoms with E-state index in [-0.39, 0.29) is 30.1 Å². The Hall–Kier alpha value is -1.51. The van der Waals surface area contributed by atoms with Crippen LogP contribution in [0.3, 0.4) is 0 Å². The molecule has 6 nitrogen and oxygen atoms in total. The molecule has 0 unspecified atom stereocenters. The van der Waals surface area contributed by atoms with Crippen molar-refractivity contribution in [1.29, 1.82) is 0 Å². The van der Waals surface area contributed by atoms with Crippen molar-refractivity contribution in [2.75, 3.05) is 25.0 Å². The van der Waals surface area contributed by atoms with Crippen LogP contribution in [0.4, 0.5) is 10.5 Å². The Labute approximate surface area is 155 Å². The fourth-order valence-corrected chi connectivity index (χ4v) is 1.71. The van der Waals surface area contributed by atoms with Gasteiger partial charge < -0.3 is 20.7 Å². The first-order valence-corrected chi connectivity index (χ1v) is 7.41. The summed E-state index contributed by atoms with van der Waals surface area (Å²) in [5.41, 5.74) is 6.20. The number of hydrogen-bond acceptors (Lipinski definition) is 3. The minimum atomic E-state index is -0.498. The van der Waals surface area contributed by atoms with Crippen molar-refractivity contribution in [2.24, 2.45) is 10.7 Å². The highest BCUT2D eigenvalue weighted by Gasteiger charge is 2.20. The number of benzene rings is 1. The third-order valence-corrected chi connectivity index (χ3v) is 2.73. The third kappa shape index (κ3) is 9.27. The topological polar surface area (TPSA) is 80.0 Å². The van der Waals surface area contributed by atoms with Crippen LogP contribution in [-0.4, -0.2) is 42.2 Å². The molecular formula is C16H27IN4O2. The second-order valence-electron chi connectivity index (χ2n) is 5.82. The molecule has 0 saturated heterocycles. The highest BCUT2D eigenvalue weighted by Crippen LogP contribution is 2.09. The van der Waals surface area contributed by atoms with Gasteiger partial charge in [0.05, 0.1) is 6.54 Å².